The third-order valence-corrected chi connectivity index (χ3v) is 4.65. The van der Waals surface area contributed by atoms with Gasteiger partial charge in [-0.3, -0.25) is 4.79 Å². The van der Waals surface area contributed by atoms with Crippen LogP contribution in [0.3, 0.4) is 0 Å². The number of carbonyl (C=O) groups is 1. The van der Waals surface area contributed by atoms with Gasteiger partial charge in [-0.2, -0.15) is 0 Å². The van der Waals surface area contributed by atoms with Crippen LogP contribution in [0.5, 0.6) is 0 Å². The molecule has 1 amide bonds. The number of benzene rings is 1. The van der Waals surface area contributed by atoms with Crippen LogP contribution in [-0.4, -0.2) is 18.5 Å². The molecule has 1 aromatic heterocycles. The zero-order valence-electron chi connectivity index (χ0n) is 12.6. The Morgan fingerprint density at radius 1 is 1.38 bits per heavy atom. The van der Waals surface area contributed by atoms with Crippen molar-refractivity contribution in [3.8, 4) is 0 Å². The van der Waals surface area contributed by atoms with Crippen molar-refractivity contribution in [3.63, 3.8) is 0 Å². The van der Waals surface area contributed by atoms with E-state index in [4.69, 9.17) is 10.2 Å². The monoisotopic (exact) mass is 286 g/mol. The third kappa shape index (κ3) is 2.44. The number of aryl methyl sites for hydroxylation is 2. The number of hydrogen-bond acceptors (Lipinski definition) is 3. The molecule has 112 valence electrons. The molecule has 0 bridgehead atoms. The summed E-state index contributed by atoms with van der Waals surface area (Å²) in [6, 6.07) is 6.16. The summed E-state index contributed by atoms with van der Waals surface area (Å²) in [6.07, 6.45) is 3.23. The molecular formula is C17H22N2O2. The molecule has 0 saturated heterocycles. The Morgan fingerprint density at radius 2 is 2.19 bits per heavy atom. The first-order valence-electron chi connectivity index (χ1n) is 7.61. The van der Waals surface area contributed by atoms with Crippen LogP contribution in [0.25, 0.3) is 11.0 Å². The predicted molar refractivity (Wildman–Crippen MR) is 83.3 cm³/mol. The molecule has 4 nitrogen and oxygen atoms in total. The lowest BCUT2D eigenvalue weighted by atomic mass is 10.0. The molecule has 0 aliphatic heterocycles. The normalized spacial score (nSPS) is 21.9. The molecule has 3 N–H and O–H groups in total. The van der Waals surface area contributed by atoms with Gasteiger partial charge in [-0.15, -0.1) is 0 Å². The lowest BCUT2D eigenvalue weighted by Gasteiger charge is -2.18. The minimum atomic E-state index is -0.117. The van der Waals surface area contributed by atoms with Crippen LogP contribution >= 0.6 is 0 Å². The summed E-state index contributed by atoms with van der Waals surface area (Å²) in [6.45, 7) is 4.56. The quantitative estimate of drug-likeness (QED) is 0.911. The molecule has 4 heteroatoms. The topological polar surface area (TPSA) is 68.3 Å². The molecule has 1 aliphatic rings. The average molecular weight is 286 g/mol. The second-order valence-electron chi connectivity index (χ2n) is 6.01. The molecule has 2 atom stereocenters. The second kappa shape index (κ2) is 5.53. The van der Waals surface area contributed by atoms with Crippen molar-refractivity contribution in [2.24, 2.45) is 11.7 Å². The summed E-state index contributed by atoms with van der Waals surface area (Å²) in [5, 5.41) is 4.12. The van der Waals surface area contributed by atoms with Gasteiger partial charge in [-0.25, -0.2) is 0 Å². The Bertz CT molecular complexity index is 675. The predicted octanol–water partition coefficient (Wildman–Crippen LogP) is 2.91. The van der Waals surface area contributed by atoms with Gasteiger partial charge in [0.15, 0.2) is 5.76 Å². The SMILES string of the molecule is Cc1c(C(=O)NC2CCCC2CN)oc2c(C)cccc12. The van der Waals surface area contributed by atoms with Crippen LogP contribution in [-0.2, 0) is 0 Å². The molecule has 1 heterocycles. The van der Waals surface area contributed by atoms with Crippen LogP contribution in [0.2, 0.25) is 0 Å². The average Bonchev–Trinajstić information content (AvgIpc) is 3.05. The van der Waals surface area contributed by atoms with Gasteiger partial charge in [-0.1, -0.05) is 24.6 Å². The highest BCUT2D eigenvalue weighted by molar-refractivity contribution is 5.99. The van der Waals surface area contributed by atoms with E-state index < -0.39 is 0 Å². The maximum absolute atomic E-state index is 12.5. The Morgan fingerprint density at radius 3 is 2.90 bits per heavy atom. The van der Waals surface area contributed by atoms with Gasteiger partial charge in [0.05, 0.1) is 0 Å². The van der Waals surface area contributed by atoms with Gasteiger partial charge >= 0.3 is 0 Å². The van der Waals surface area contributed by atoms with Crippen molar-refractivity contribution in [1.82, 2.24) is 5.32 Å². The van der Waals surface area contributed by atoms with Crippen LogP contribution in [0, 0.1) is 19.8 Å². The van der Waals surface area contributed by atoms with E-state index in [1.807, 2.05) is 32.0 Å². The lowest BCUT2D eigenvalue weighted by Crippen LogP contribution is -2.39. The van der Waals surface area contributed by atoms with Crippen LogP contribution in [0.4, 0.5) is 0 Å². The number of hydrogen-bond donors (Lipinski definition) is 2. The van der Waals surface area contributed by atoms with Gasteiger partial charge in [0.25, 0.3) is 5.91 Å². The zero-order chi connectivity index (χ0) is 15.0. The van der Waals surface area contributed by atoms with E-state index in [-0.39, 0.29) is 11.9 Å². The molecular weight excluding hydrogens is 264 g/mol. The molecule has 0 spiro atoms. The Kier molecular flexibility index (Phi) is 3.72. The number of carbonyl (C=O) groups excluding carboxylic acids is 1. The van der Waals surface area contributed by atoms with Crippen molar-refractivity contribution < 1.29 is 9.21 Å². The Balaban J connectivity index is 1.88. The highest BCUT2D eigenvalue weighted by atomic mass is 16.3. The molecule has 0 radical (unpaired) electrons. The highest BCUT2D eigenvalue weighted by Gasteiger charge is 2.29. The van der Waals surface area contributed by atoms with Gasteiger partial charge in [0, 0.05) is 17.0 Å². The van der Waals surface area contributed by atoms with Gasteiger partial charge in [0.2, 0.25) is 0 Å². The molecule has 2 unspecified atom stereocenters. The fourth-order valence-corrected chi connectivity index (χ4v) is 3.34. The first-order valence-corrected chi connectivity index (χ1v) is 7.61. The summed E-state index contributed by atoms with van der Waals surface area (Å²) in [5.74, 6) is 0.704. The smallest absolute Gasteiger partial charge is 0.287 e. The maximum atomic E-state index is 12.5. The summed E-state index contributed by atoms with van der Waals surface area (Å²) in [5.41, 5.74) is 8.54. The van der Waals surface area contributed by atoms with Crippen LogP contribution in [0.1, 0.15) is 40.9 Å². The van der Waals surface area contributed by atoms with E-state index in [1.165, 1.54) is 0 Å². The molecule has 3 rings (SSSR count). The number of furan rings is 1. The number of fused-ring (bicyclic) bond motifs is 1. The van der Waals surface area contributed by atoms with Crippen molar-refractivity contribution in [3.05, 3.63) is 35.1 Å². The van der Waals surface area contributed by atoms with E-state index in [0.717, 1.165) is 41.4 Å². The van der Waals surface area contributed by atoms with Crippen molar-refractivity contribution in [1.29, 1.82) is 0 Å². The van der Waals surface area contributed by atoms with E-state index in [9.17, 15) is 4.79 Å². The maximum Gasteiger partial charge on any atom is 0.287 e. The molecule has 1 saturated carbocycles. The summed E-state index contributed by atoms with van der Waals surface area (Å²) >= 11 is 0. The lowest BCUT2D eigenvalue weighted by molar-refractivity contribution is 0.0902. The summed E-state index contributed by atoms with van der Waals surface area (Å²) < 4.78 is 5.83. The number of rotatable bonds is 3. The number of nitrogens with one attached hydrogen (secondary N) is 1. The molecule has 1 aliphatic carbocycles. The molecule has 1 fully saturated rings. The fraction of sp³-hybridized carbons (Fsp3) is 0.471. The number of nitrogens with two attached hydrogens (primary N) is 1. The van der Waals surface area contributed by atoms with Crippen LogP contribution in [0.15, 0.2) is 22.6 Å². The zero-order valence-corrected chi connectivity index (χ0v) is 12.6. The van der Waals surface area contributed by atoms with Gasteiger partial charge < -0.3 is 15.5 Å². The van der Waals surface area contributed by atoms with E-state index in [1.54, 1.807) is 0 Å². The number of amides is 1. The van der Waals surface area contributed by atoms with E-state index in [2.05, 4.69) is 5.32 Å². The highest BCUT2D eigenvalue weighted by Crippen LogP contribution is 2.29. The Labute approximate surface area is 124 Å². The summed E-state index contributed by atoms with van der Waals surface area (Å²) in [4.78, 5) is 12.5. The van der Waals surface area contributed by atoms with E-state index in [0.29, 0.717) is 18.2 Å². The molecule has 21 heavy (non-hydrogen) atoms. The second-order valence-corrected chi connectivity index (χ2v) is 6.01. The molecule has 2 aromatic rings. The Hall–Kier alpha value is -1.81. The minimum absolute atomic E-state index is 0.117. The van der Waals surface area contributed by atoms with Crippen LogP contribution < -0.4 is 11.1 Å². The van der Waals surface area contributed by atoms with Crippen molar-refractivity contribution >= 4 is 16.9 Å². The van der Waals surface area contributed by atoms with E-state index >= 15 is 0 Å². The largest absolute Gasteiger partial charge is 0.450 e. The first kappa shape index (κ1) is 14.1. The standard InChI is InChI=1S/C17H22N2O2/c1-10-5-3-7-13-11(2)16(21-15(10)13)17(20)19-14-8-4-6-12(14)9-18/h3,5,7,12,14H,4,6,8-9,18H2,1-2H3,(H,19,20). The minimum Gasteiger partial charge on any atom is -0.450 e. The van der Waals surface area contributed by atoms with Gasteiger partial charge in [-0.05, 0) is 44.7 Å². The first-order chi connectivity index (χ1) is 10.1. The van der Waals surface area contributed by atoms with Crippen molar-refractivity contribution in [2.45, 2.75) is 39.2 Å². The third-order valence-electron chi connectivity index (χ3n) is 4.65. The van der Waals surface area contributed by atoms with Gasteiger partial charge in [0.1, 0.15) is 5.58 Å². The fourth-order valence-electron chi connectivity index (χ4n) is 3.34. The summed E-state index contributed by atoms with van der Waals surface area (Å²) in [7, 11) is 0. The van der Waals surface area contributed by atoms with Crippen molar-refractivity contribution in [2.75, 3.05) is 6.54 Å². The number of para-hydroxylation sites is 1. The molecule has 1 aromatic carbocycles.